The molecule has 0 aromatic carbocycles. The molecular weight excluding hydrogens is 341 g/mol. The van der Waals surface area contributed by atoms with E-state index < -0.39 is 0 Å². The third-order valence-electron chi connectivity index (χ3n) is 0. The molecule has 0 aromatic heterocycles. The first kappa shape index (κ1) is 43.7. The number of hydrogen-bond donors (Lipinski definition) is 0. The Hall–Kier alpha value is -0.263. The van der Waals surface area contributed by atoms with E-state index in [1.54, 1.807) is 0 Å². The Morgan fingerprint density at radius 1 is 0.471 bits per heavy atom. The molecule has 0 atom stereocenters. The molecule has 0 aliphatic carbocycles. The van der Waals surface area contributed by atoms with Crippen molar-refractivity contribution < 1.29 is 38.7 Å². The van der Waals surface area contributed by atoms with Crippen LogP contribution in [0.5, 0.6) is 0 Å². The fourth-order valence-electron chi connectivity index (χ4n) is 0. The summed E-state index contributed by atoms with van der Waals surface area (Å²) in [7, 11) is 0.241. The molecule has 0 amide bonds. The zero-order valence-electron chi connectivity index (χ0n) is 11.8. The van der Waals surface area contributed by atoms with Crippen molar-refractivity contribution in [3.63, 3.8) is 0 Å². The van der Waals surface area contributed by atoms with Gasteiger partial charge in [-0.3, -0.25) is 0 Å². The van der Waals surface area contributed by atoms with Crippen LogP contribution in [0.3, 0.4) is 0 Å². The van der Waals surface area contributed by atoms with Gasteiger partial charge in [0.2, 0.25) is 0 Å². The molecule has 17 heavy (non-hydrogen) atoms. The maximum Gasteiger partial charge on any atom is 0.106 e. The van der Waals surface area contributed by atoms with Gasteiger partial charge in [-0.2, -0.15) is 0 Å². The Morgan fingerprint density at radius 3 is 0.471 bits per heavy atom. The predicted molar refractivity (Wildman–Crippen MR) is 75.2 cm³/mol. The van der Waals surface area contributed by atoms with Gasteiger partial charge in [0.15, 0.2) is 0 Å². The van der Waals surface area contributed by atoms with Crippen LogP contribution < -0.4 is 0 Å². The minimum Gasteiger partial charge on any atom is -0.307 e. The van der Waals surface area contributed by atoms with E-state index in [0.717, 1.165) is 0 Å². The van der Waals surface area contributed by atoms with Gasteiger partial charge < -0.3 is 19.2 Å². The van der Waals surface area contributed by atoms with Crippen molar-refractivity contribution in [2.45, 2.75) is 39.3 Å². The molecule has 0 bridgehead atoms. The van der Waals surface area contributed by atoms with E-state index in [9.17, 15) is 0 Å². The molecule has 0 unspecified atom stereocenters. The van der Waals surface area contributed by atoms with Gasteiger partial charge in [0, 0.05) is 37.1 Å². The first-order valence-corrected chi connectivity index (χ1v) is 10.2. The van der Waals surface area contributed by atoms with Crippen molar-refractivity contribution in [3.05, 3.63) is 0 Å². The summed E-state index contributed by atoms with van der Waals surface area (Å²) < 4.78 is 0. The van der Waals surface area contributed by atoms with Gasteiger partial charge in [-0.25, -0.2) is 0 Å². The second kappa shape index (κ2) is 104. The van der Waals surface area contributed by atoms with Crippen molar-refractivity contribution in [1.29, 1.82) is 0 Å². The second-order valence-corrected chi connectivity index (χ2v) is 9.00. The molecule has 0 aliphatic heterocycles. The maximum atomic E-state index is 8.00. The summed E-state index contributed by atoms with van der Waals surface area (Å²) in [6.45, 7) is 21.6. The molecule has 106 valence electrons. The molecule has 0 fully saturated rings. The van der Waals surface area contributed by atoms with Crippen molar-refractivity contribution in [3.8, 4) is 0 Å². The fraction of sp³-hybridized carbons (Fsp3) is 0.600. The molecule has 0 saturated heterocycles. The molecule has 0 heterocycles. The Morgan fingerprint density at radius 2 is 0.471 bits per heavy atom. The summed E-state index contributed by atoms with van der Waals surface area (Å²) >= 11 is 0. The van der Waals surface area contributed by atoms with Crippen LogP contribution in [0.4, 0.5) is 0 Å². The molecule has 0 aliphatic rings. The molecule has 0 rings (SSSR count). The van der Waals surface area contributed by atoms with Crippen LogP contribution in [0.2, 0.25) is 39.3 Å². The van der Waals surface area contributed by atoms with E-state index in [0.29, 0.717) is 0 Å². The smallest absolute Gasteiger partial charge is 0.106 e. The number of hydrogen-bond acceptors (Lipinski definition) is 4. The number of carbonyl (C=O) groups excluding carboxylic acids is 4. The zero-order valence-corrected chi connectivity index (χ0v) is 15.6. The first-order valence-electron chi connectivity index (χ1n) is 4.15. The maximum absolute atomic E-state index is 8.00. The van der Waals surface area contributed by atoms with Gasteiger partial charge in [-0.05, 0) is 0 Å². The van der Waals surface area contributed by atoms with E-state index in [2.05, 4.69) is 39.3 Å². The van der Waals surface area contributed by atoms with Crippen molar-refractivity contribution >= 4 is 44.7 Å². The van der Waals surface area contributed by atoms with Crippen molar-refractivity contribution in [2.24, 2.45) is 0 Å². The third-order valence-corrected chi connectivity index (χ3v) is 0. The normalized spacial score (nSPS) is 5.18. The van der Waals surface area contributed by atoms with Gasteiger partial charge in [0.05, 0.1) is 0 Å². The second-order valence-electron chi connectivity index (χ2n) is 3.00. The summed E-state index contributed by atoms with van der Waals surface area (Å²) in [6, 6.07) is 0. The van der Waals surface area contributed by atoms with Crippen LogP contribution in [-0.4, -0.2) is 44.7 Å². The van der Waals surface area contributed by atoms with Gasteiger partial charge in [-0.1, -0.05) is 39.3 Å². The Labute approximate surface area is 123 Å². The molecular formula is C10H26O4RuSi2. The van der Waals surface area contributed by atoms with Gasteiger partial charge >= 0.3 is 0 Å². The molecule has 0 N–H and O–H groups in total. The van der Waals surface area contributed by atoms with E-state index >= 15 is 0 Å². The summed E-state index contributed by atoms with van der Waals surface area (Å²) in [5.41, 5.74) is 0. The molecule has 4 nitrogen and oxygen atoms in total. The topological polar surface area (TPSA) is 68.3 Å². The van der Waals surface area contributed by atoms with E-state index in [1.807, 2.05) is 27.2 Å². The molecule has 2 radical (unpaired) electrons. The largest absolute Gasteiger partial charge is 0.307 e. The average molecular weight is 368 g/mol. The van der Waals surface area contributed by atoms with Crippen molar-refractivity contribution in [1.82, 2.24) is 0 Å². The van der Waals surface area contributed by atoms with Crippen LogP contribution in [0.15, 0.2) is 0 Å². The molecule has 0 aromatic rings. The quantitative estimate of drug-likeness (QED) is 0.614. The minimum absolute atomic E-state index is 0. The van der Waals surface area contributed by atoms with Crippen LogP contribution in [0.1, 0.15) is 0 Å². The number of rotatable bonds is 0. The number of carbonyl (C=O) groups is 4. The monoisotopic (exact) mass is 368 g/mol. The predicted octanol–water partition coefficient (Wildman–Crippen LogP) is 2.00. The van der Waals surface area contributed by atoms with Crippen LogP contribution in [0, 0.1) is 0 Å². The Kier molecular flexibility index (Phi) is 267. The molecule has 7 heteroatoms. The first-order chi connectivity index (χ1) is 7.46. The van der Waals surface area contributed by atoms with E-state index in [4.69, 9.17) is 19.2 Å². The molecule has 0 saturated carbocycles. The van der Waals surface area contributed by atoms with Crippen LogP contribution in [0.25, 0.3) is 0 Å². The minimum atomic E-state index is 0. The van der Waals surface area contributed by atoms with E-state index in [-0.39, 0.29) is 37.1 Å². The Balaban J connectivity index is -0.0000000146. The summed E-state index contributed by atoms with van der Waals surface area (Å²) in [5.74, 6) is 0. The van der Waals surface area contributed by atoms with Crippen LogP contribution >= 0.6 is 0 Å². The Bertz CT molecular complexity index is 69.2. The van der Waals surface area contributed by atoms with Gasteiger partial charge in [0.1, 0.15) is 27.2 Å². The summed E-state index contributed by atoms with van der Waals surface area (Å²) in [4.78, 5) is 32.0. The SMILES string of the molecule is C=O.C=O.C=O.C=O.C[Si](C)C.C[Si](C)C.[Ru]. The average Bonchev–Trinajstić information content (AvgIpc) is 2.27. The third kappa shape index (κ3) is 43000. The summed E-state index contributed by atoms with van der Waals surface area (Å²) in [5, 5.41) is 0. The van der Waals surface area contributed by atoms with Crippen molar-refractivity contribution in [2.75, 3.05) is 0 Å². The summed E-state index contributed by atoms with van der Waals surface area (Å²) in [6.07, 6.45) is 0. The standard InChI is InChI=1S/2C3H9Si.4CH2O.Ru/c2*1-4(2)3;4*1-2;/h2*1-3H3;4*1H2;. The van der Waals surface area contributed by atoms with Crippen LogP contribution in [-0.2, 0) is 38.7 Å². The fourth-order valence-corrected chi connectivity index (χ4v) is 0. The van der Waals surface area contributed by atoms with E-state index in [1.165, 1.54) is 0 Å². The van der Waals surface area contributed by atoms with Gasteiger partial charge in [0.25, 0.3) is 0 Å². The van der Waals surface area contributed by atoms with Gasteiger partial charge in [-0.15, -0.1) is 0 Å². The zero-order chi connectivity index (χ0) is 15.2. The molecule has 0 spiro atoms.